The van der Waals surface area contributed by atoms with Crippen molar-refractivity contribution < 1.29 is 13.6 Å². The van der Waals surface area contributed by atoms with Crippen molar-refractivity contribution in [2.24, 2.45) is 0 Å². The first kappa shape index (κ1) is 19.7. The summed E-state index contributed by atoms with van der Waals surface area (Å²) in [6.07, 6.45) is 2.95. The molecular weight excluding hydrogens is 336 g/mol. The molecule has 0 N–H and O–H groups in total. The second-order valence-electron chi connectivity index (χ2n) is 6.45. The van der Waals surface area contributed by atoms with Crippen LogP contribution in [0, 0.1) is 23.1 Å². The van der Waals surface area contributed by atoms with E-state index in [4.69, 9.17) is 4.84 Å². The maximum atomic E-state index is 13.7. The van der Waals surface area contributed by atoms with Crippen molar-refractivity contribution >= 4 is 8.07 Å². The molecule has 0 bridgehead atoms. The van der Waals surface area contributed by atoms with E-state index in [-0.39, 0.29) is 6.42 Å². The average molecular weight is 364 g/mol. The number of allylic oxidation sites excluding steroid dienone is 1. The molecule has 0 atom stereocenters. The number of nitrogens with zero attached hydrogens (tertiary/aromatic N) is 1. The van der Waals surface area contributed by atoms with Crippen LogP contribution >= 0.6 is 0 Å². The fraction of sp³-hybridized carbons (Fsp3) is 0.500. The summed E-state index contributed by atoms with van der Waals surface area (Å²) in [6, 6.07) is 7.12. The van der Waals surface area contributed by atoms with Crippen LogP contribution in [0.3, 0.4) is 0 Å². The van der Waals surface area contributed by atoms with Crippen molar-refractivity contribution in [1.82, 2.24) is 5.06 Å². The highest BCUT2D eigenvalue weighted by Crippen LogP contribution is 2.20. The van der Waals surface area contributed by atoms with Crippen LogP contribution in [0.4, 0.5) is 8.78 Å². The van der Waals surface area contributed by atoms with E-state index in [1.165, 1.54) is 24.2 Å². The molecular formula is C20H27F2NOSi. The van der Waals surface area contributed by atoms with Crippen LogP contribution in [0.25, 0.3) is 0 Å². The summed E-state index contributed by atoms with van der Waals surface area (Å²) in [7, 11) is -1.38. The molecule has 0 saturated heterocycles. The first-order chi connectivity index (χ1) is 12.0. The van der Waals surface area contributed by atoms with Crippen LogP contribution in [-0.4, -0.2) is 26.2 Å². The van der Waals surface area contributed by atoms with Gasteiger partial charge in [-0.05, 0) is 48.0 Å². The summed E-state index contributed by atoms with van der Waals surface area (Å²) in [5.41, 5.74) is 3.89. The SMILES string of the molecule is CC[Si](C#CCCN1CC=C(Cc2cc(F)ccc2F)O1)(CC)CC. The van der Waals surface area contributed by atoms with Gasteiger partial charge in [0.1, 0.15) is 25.5 Å². The molecule has 0 aromatic heterocycles. The van der Waals surface area contributed by atoms with Crippen LogP contribution < -0.4 is 0 Å². The molecule has 5 heteroatoms. The molecule has 0 unspecified atom stereocenters. The van der Waals surface area contributed by atoms with Crippen molar-refractivity contribution in [2.75, 3.05) is 13.1 Å². The maximum absolute atomic E-state index is 13.7. The van der Waals surface area contributed by atoms with Crippen molar-refractivity contribution in [3.8, 4) is 11.5 Å². The van der Waals surface area contributed by atoms with Gasteiger partial charge < -0.3 is 4.84 Å². The summed E-state index contributed by atoms with van der Waals surface area (Å²) in [6.45, 7) is 8.13. The van der Waals surface area contributed by atoms with E-state index in [1.54, 1.807) is 0 Å². The van der Waals surface area contributed by atoms with Crippen LogP contribution in [-0.2, 0) is 11.3 Å². The molecule has 136 valence electrons. The summed E-state index contributed by atoms with van der Waals surface area (Å²) < 4.78 is 26.9. The zero-order chi connectivity index (χ0) is 18.3. The maximum Gasteiger partial charge on any atom is 0.137 e. The van der Waals surface area contributed by atoms with Crippen LogP contribution in [0.1, 0.15) is 32.8 Å². The Kier molecular flexibility index (Phi) is 7.21. The van der Waals surface area contributed by atoms with Crippen LogP contribution in [0.2, 0.25) is 18.1 Å². The fourth-order valence-electron chi connectivity index (χ4n) is 3.00. The summed E-state index contributed by atoms with van der Waals surface area (Å²) in [5.74, 6) is 3.17. The van der Waals surface area contributed by atoms with Crippen LogP contribution in [0.5, 0.6) is 0 Å². The van der Waals surface area contributed by atoms with Crippen LogP contribution in [0.15, 0.2) is 30.0 Å². The second-order valence-corrected chi connectivity index (χ2v) is 11.4. The number of hydrogen-bond donors (Lipinski definition) is 0. The van der Waals surface area contributed by atoms with Gasteiger partial charge in [-0.25, -0.2) is 8.78 Å². The van der Waals surface area contributed by atoms with Gasteiger partial charge in [0, 0.05) is 19.4 Å². The smallest absolute Gasteiger partial charge is 0.137 e. The van der Waals surface area contributed by atoms with E-state index >= 15 is 0 Å². The van der Waals surface area contributed by atoms with E-state index in [1.807, 2.05) is 11.1 Å². The number of hydroxylamine groups is 2. The van der Waals surface area contributed by atoms with Gasteiger partial charge in [0.15, 0.2) is 0 Å². The predicted octanol–water partition coefficient (Wildman–Crippen LogP) is 5.08. The highest BCUT2D eigenvalue weighted by atomic mass is 28.3. The Hall–Kier alpha value is -1.64. The monoisotopic (exact) mass is 363 g/mol. The average Bonchev–Trinajstić information content (AvgIpc) is 3.06. The number of benzene rings is 1. The lowest BCUT2D eigenvalue weighted by atomic mass is 10.1. The molecule has 0 aliphatic carbocycles. The molecule has 1 aromatic carbocycles. The Balaban J connectivity index is 1.82. The third-order valence-electron chi connectivity index (χ3n) is 5.01. The van der Waals surface area contributed by atoms with E-state index in [0.717, 1.165) is 25.1 Å². The molecule has 1 aromatic rings. The molecule has 1 aliphatic heterocycles. The minimum atomic E-state index is -1.38. The highest BCUT2D eigenvalue weighted by molar-refractivity contribution is 6.87. The zero-order valence-corrected chi connectivity index (χ0v) is 16.4. The quantitative estimate of drug-likeness (QED) is 0.495. The molecule has 2 nitrogen and oxygen atoms in total. The largest absolute Gasteiger partial charge is 0.410 e. The molecule has 0 amide bonds. The van der Waals surface area contributed by atoms with Gasteiger partial charge in [0.25, 0.3) is 0 Å². The molecule has 0 radical (unpaired) electrons. The molecule has 2 rings (SSSR count). The van der Waals surface area contributed by atoms with Gasteiger partial charge in [-0.2, -0.15) is 0 Å². The second kappa shape index (κ2) is 9.16. The van der Waals surface area contributed by atoms with Gasteiger partial charge in [-0.3, -0.25) is 0 Å². The Morgan fingerprint density at radius 2 is 1.88 bits per heavy atom. The standard InChI is InChI=1S/C20H27F2NOSi/c1-4-25(5-2,6-3)14-8-7-12-23-13-11-19(24-23)16-17-15-18(21)9-10-20(17)22/h9-11,15H,4-7,12-13,16H2,1-3H3. The Morgan fingerprint density at radius 1 is 1.16 bits per heavy atom. The van der Waals surface area contributed by atoms with E-state index in [9.17, 15) is 8.78 Å². The molecule has 1 aliphatic rings. The minimum Gasteiger partial charge on any atom is -0.410 e. The molecule has 1 heterocycles. The minimum absolute atomic E-state index is 0.267. The lowest BCUT2D eigenvalue weighted by Gasteiger charge is -2.20. The predicted molar refractivity (Wildman–Crippen MR) is 100 cm³/mol. The number of rotatable bonds is 7. The first-order valence-corrected chi connectivity index (χ1v) is 11.7. The number of halogens is 2. The first-order valence-electron chi connectivity index (χ1n) is 9.07. The lowest BCUT2D eigenvalue weighted by molar-refractivity contribution is -0.0907. The summed E-state index contributed by atoms with van der Waals surface area (Å²) in [4.78, 5) is 5.72. The number of hydrogen-bond acceptors (Lipinski definition) is 2. The van der Waals surface area contributed by atoms with Crippen molar-refractivity contribution in [1.29, 1.82) is 0 Å². The molecule has 25 heavy (non-hydrogen) atoms. The van der Waals surface area contributed by atoms with E-state index < -0.39 is 19.7 Å². The summed E-state index contributed by atoms with van der Waals surface area (Å²) >= 11 is 0. The molecule has 0 fully saturated rings. The third-order valence-corrected chi connectivity index (χ3v) is 9.78. The van der Waals surface area contributed by atoms with E-state index in [2.05, 4.69) is 32.2 Å². The van der Waals surface area contributed by atoms with Gasteiger partial charge in [-0.15, -0.1) is 16.5 Å². The van der Waals surface area contributed by atoms with Crippen molar-refractivity contribution in [3.63, 3.8) is 0 Å². The molecule has 0 spiro atoms. The van der Waals surface area contributed by atoms with Crippen molar-refractivity contribution in [2.45, 2.75) is 51.7 Å². The fourth-order valence-corrected chi connectivity index (χ4v) is 5.53. The van der Waals surface area contributed by atoms with Gasteiger partial charge in [0.2, 0.25) is 0 Å². The lowest BCUT2D eigenvalue weighted by Crippen LogP contribution is -2.29. The third kappa shape index (κ3) is 5.42. The Morgan fingerprint density at radius 3 is 2.56 bits per heavy atom. The van der Waals surface area contributed by atoms with Gasteiger partial charge >= 0.3 is 0 Å². The zero-order valence-electron chi connectivity index (χ0n) is 15.4. The summed E-state index contributed by atoms with van der Waals surface area (Å²) in [5, 5.41) is 1.83. The Labute approximate surface area is 150 Å². The topological polar surface area (TPSA) is 12.5 Å². The van der Waals surface area contributed by atoms with E-state index in [0.29, 0.717) is 17.9 Å². The molecule has 0 saturated carbocycles. The normalized spacial score (nSPS) is 14.7. The van der Waals surface area contributed by atoms with Gasteiger partial charge in [0.05, 0.1) is 6.54 Å². The van der Waals surface area contributed by atoms with Gasteiger partial charge in [-0.1, -0.05) is 20.8 Å². The highest BCUT2D eigenvalue weighted by Gasteiger charge is 2.24. The van der Waals surface area contributed by atoms with Crippen molar-refractivity contribution in [3.05, 3.63) is 47.2 Å². The Bertz CT molecular complexity index is 666.